The molecule has 0 aliphatic carbocycles. The SMILES string of the molecule is CCn1cc(-c2cc(C(F)(F)F)c3c(C)nn(Cc4cccc(Cl)c4)c3n2)cn1. The van der Waals surface area contributed by atoms with E-state index in [9.17, 15) is 13.2 Å². The second-order valence-corrected chi connectivity index (χ2v) is 7.15. The molecule has 150 valence electrons. The number of hydrogen-bond donors (Lipinski definition) is 0. The Hall–Kier alpha value is -2.87. The maximum atomic E-state index is 13.9. The Bertz CT molecular complexity index is 1190. The van der Waals surface area contributed by atoms with Crippen LogP contribution in [0.15, 0.2) is 42.7 Å². The van der Waals surface area contributed by atoms with Crippen LogP contribution < -0.4 is 0 Å². The highest BCUT2D eigenvalue weighted by Crippen LogP contribution is 2.38. The summed E-state index contributed by atoms with van der Waals surface area (Å²) >= 11 is 6.04. The number of aromatic nitrogens is 5. The third-order valence-electron chi connectivity index (χ3n) is 4.66. The lowest BCUT2D eigenvalue weighted by atomic mass is 10.1. The van der Waals surface area contributed by atoms with E-state index >= 15 is 0 Å². The average molecular weight is 420 g/mol. The molecule has 0 spiro atoms. The fourth-order valence-corrected chi connectivity index (χ4v) is 3.53. The molecule has 0 fully saturated rings. The smallest absolute Gasteiger partial charge is 0.272 e. The van der Waals surface area contributed by atoms with Crippen molar-refractivity contribution in [2.75, 3.05) is 0 Å². The molecule has 0 saturated heterocycles. The van der Waals surface area contributed by atoms with Gasteiger partial charge in [-0.15, -0.1) is 0 Å². The number of benzene rings is 1. The summed E-state index contributed by atoms with van der Waals surface area (Å²) in [5.74, 6) is 0. The molecule has 0 atom stereocenters. The van der Waals surface area contributed by atoms with Gasteiger partial charge in [0.15, 0.2) is 5.65 Å². The number of hydrogen-bond acceptors (Lipinski definition) is 3. The van der Waals surface area contributed by atoms with E-state index in [2.05, 4.69) is 15.2 Å². The predicted molar refractivity (Wildman–Crippen MR) is 105 cm³/mol. The number of nitrogens with zero attached hydrogens (tertiary/aromatic N) is 5. The molecule has 0 N–H and O–H groups in total. The summed E-state index contributed by atoms with van der Waals surface area (Å²) in [6.07, 6.45) is -1.34. The van der Waals surface area contributed by atoms with Crippen molar-refractivity contribution in [2.24, 2.45) is 0 Å². The molecule has 0 amide bonds. The van der Waals surface area contributed by atoms with Crippen LogP contribution in [0.5, 0.6) is 0 Å². The van der Waals surface area contributed by atoms with Crippen molar-refractivity contribution in [3.05, 3.63) is 64.6 Å². The first-order chi connectivity index (χ1) is 13.8. The van der Waals surface area contributed by atoms with Gasteiger partial charge in [-0.05, 0) is 37.6 Å². The fraction of sp³-hybridized carbons (Fsp3) is 0.250. The number of fused-ring (bicyclic) bond motifs is 1. The lowest BCUT2D eigenvalue weighted by Gasteiger charge is -2.11. The van der Waals surface area contributed by atoms with Gasteiger partial charge in [-0.2, -0.15) is 23.4 Å². The molecule has 29 heavy (non-hydrogen) atoms. The van der Waals surface area contributed by atoms with E-state index in [-0.39, 0.29) is 29.0 Å². The molecule has 4 aromatic rings. The molecule has 0 saturated carbocycles. The van der Waals surface area contributed by atoms with Gasteiger partial charge in [0.05, 0.1) is 35.1 Å². The highest BCUT2D eigenvalue weighted by Gasteiger charge is 2.35. The van der Waals surface area contributed by atoms with Crippen LogP contribution in [0.3, 0.4) is 0 Å². The number of pyridine rings is 1. The van der Waals surface area contributed by atoms with Crippen molar-refractivity contribution in [1.29, 1.82) is 0 Å². The van der Waals surface area contributed by atoms with Crippen LogP contribution >= 0.6 is 11.6 Å². The van der Waals surface area contributed by atoms with Crippen molar-refractivity contribution in [3.8, 4) is 11.3 Å². The topological polar surface area (TPSA) is 48.5 Å². The summed E-state index contributed by atoms with van der Waals surface area (Å²) in [6, 6.07) is 8.19. The van der Waals surface area contributed by atoms with Crippen LogP contribution in [0, 0.1) is 6.92 Å². The lowest BCUT2D eigenvalue weighted by Crippen LogP contribution is -2.08. The summed E-state index contributed by atoms with van der Waals surface area (Å²) in [5, 5.41) is 9.04. The quantitative estimate of drug-likeness (QED) is 0.448. The first-order valence-corrected chi connectivity index (χ1v) is 9.36. The highest BCUT2D eigenvalue weighted by atomic mass is 35.5. The zero-order valence-electron chi connectivity index (χ0n) is 15.7. The standard InChI is InChI=1S/C20H17ClF3N5/c1-3-28-11-14(9-25-28)17-8-16(20(22,23)24)18-12(2)27-29(19(18)26-17)10-13-5-4-6-15(21)7-13/h4-9,11H,3,10H2,1-2H3. The minimum absolute atomic E-state index is 0.00571. The normalized spacial score (nSPS) is 12.1. The number of alkyl halides is 3. The number of rotatable bonds is 4. The molecule has 4 rings (SSSR count). The molecule has 3 aromatic heterocycles. The fourth-order valence-electron chi connectivity index (χ4n) is 3.31. The molecule has 9 heteroatoms. The van der Waals surface area contributed by atoms with E-state index in [4.69, 9.17) is 11.6 Å². The second kappa shape index (κ2) is 7.18. The van der Waals surface area contributed by atoms with E-state index in [1.54, 1.807) is 36.0 Å². The summed E-state index contributed by atoms with van der Waals surface area (Å²) < 4.78 is 44.7. The zero-order chi connectivity index (χ0) is 20.8. The van der Waals surface area contributed by atoms with E-state index in [0.717, 1.165) is 11.6 Å². The van der Waals surface area contributed by atoms with Crippen LogP contribution in [-0.4, -0.2) is 24.5 Å². The van der Waals surface area contributed by atoms with Gasteiger partial charge >= 0.3 is 6.18 Å². The molecule has 0 unspecified atom stereocenters. The van der Waals surface area contributed by atoms with E-state index in [1.165, 1.54) is 10.9 Å². The van der Waals surface area contributed by atoms with E-state index in [1.807, 2.05) is 13.0 Å². The van der Waals surface area contributed by atoms with Crippen molar-refractivity contribution in [3.63, 3.8) is 0 Å². The van der Waals surface area contributed by atoms with Gasteiger partial charge in [-0.3, -0.25) is 4.68 Å². The molecule has 5 nitrogen and oxygen atoms in total. The summed E-state index contributed by atoms with van der Waals surface area (Å²) in [7, 11) is 0. The summed E-state index contributed by atoms with van der Waals surface area (Å²) in [6.45, 7) is 4.33. The number of aryl methyl sites for hydroxylation is 2. The predicted octanol–water partition coefficient (Wildman–Crippen LogP) is 5.34. The van der Waals surface area contributed by atoms with Gasteiger partial charge in [-0.25, -0.2) is 9.67 Å². The van der Waals surface area contributed by atoms with Gasteiger partial charge in [0, 0.05) is 23.3 Å². The van der Waals surface area contributed by atoms with Crippen LogP contribution in [0.4, 0.5) is 13.2 Å². The molecular formula is C20H17ClF3N5. The zero-order valence-corrected chi connectivity index (χ0v) is 16.5. The van der Waals surface area contributed by atoms with Crippen LogP contribution in [0.1, 0.15) is 23.7 Å². The minimum Gasteiger partial charge on any atom is -0.272 e. The van der Waals surface area contributed by atoms with Gasteiger partial charge in [0.2, 0.25) is 0 Å². The van der Waals surface area contributed by atoms with E-state index in [0.29, 0.717) is 17.1 Å². The van der Waals surface area contributed by atoms with Crippen LogP contribution in [-0.2, 0) is 19.3 Å². The maximum Gasteiger partial charge on any atom is 0.417 e. The molecule has 0 bridgehead atoms. The summed E-state index contributed by atoms with van der Waals surface area (Å²) in [4.78, 5) is 4.52. The Kier molecular flexibility index (Phi) is 4.82. The van der Waals surface area contributed by atoms with Crippen LogP contribution in [0.25, 0.3) is 22.3 Å². The Morgan fingerprint density at radius 2 is 1.97 bits per heavy atom. The molecule has 0 radical (unpaired) electrons. The molecular weight excluding hydrogens is 403 g/mol. The summed E-state index contributed by atoms with van der Waals surface area (Å²) in [5.41, 5.74) is 1.25. The van der Waals surface area contributed by atoms with E-state index < -0.39 is 11.7 Å². The third kappa shape index (κ3) is 3.72. The molecule has 0 aliphatic rings. The van der Waals surface area contributed by atoms with Crippen LogP contribution in [0.2, 0.25) is 5.02 Å². The van der Waals surface area contributed by atoms with Gasteiger partial charge in [-0.1, -0.05) is 23.7 Å². The van der Waals surface area contributed by atoms with Gasteiger partial charge in [0.25, 0.3) is 0 Å². The molecule has 3 heterocycles. The van der Waals surface area contributed by atoms with Gasteiger partial charge < -0.3 is 0 Å². The Labute approximate surface area is 169 Å². The average Bonchev–Trinajstić information content (AvgIpc) is 3.26. The van der Waals surface area contributed by atoms with Crippen molar-refractivity contribution < 1.29 is 13.2 Å². The second-order valence-electron chi connectivity index (χ2n) is 6.71. The Morgan fingerprint density at radius 1 is 1.17 bits per heavy atom. The Balaban J connectivity index is 1.92. The monoisotopic (exact) mass is 419 g/mol. The largest absolute Gasteiger partial charge is 0.417 e. The third-order valence-corrected chi connectivity index (χ3v) is 4.89. The first kappa shape index (κ1) is 19.4. The van der Waals surface area contributed by atoms with Crippen molar-refractivity contribution in [1.82, 2.24) is 24.5 Å². The Morgan fingerprint density at radius 3 is 2.62 bits per heavy atom. The first-order valence-electron chi connectivity index (χ1n) is 8.99. The minimum atomic E-state index is -4.54. The number of halogens is 4. The molecule has 0 aliphatic heterocycles. The lowest BCUT2D eigenvalue weighted by molar-refractivity contribution is -0.136. The van der Waals surface area contributed by atoms with Gasteiger partial charge in [0.1, 0.15) is 0 Å². The highest BCUT2D eigenvalue weighted by molar-refractivity contribution is 6.30. The molecule has 1 aromatic carbocycles. The van der Waals surface area contributed by atoms with Crippen molar-refractivity contribution in [2.45, 2.75) is 33.1 Å². The van der Waals surface area contributed by atoms with Crippen molar-refractivity contribution >= 4 is 22.6 Å². The maximum absolute atomic E-state index is 13.9.